The van der Waals surface area contributed by atoms with Gasteiger partial charge in [-0.1, -0.05) is 0 Å². The van der Waals surface area contributed by atoms with E-state index in [1.54, 1.807) is 11.8 Å². The van der Waals surface area contributed by atoms with E-state index in [1.807, 2.05) is 4.90 Å². The van der Waals surface area contributed by atoms with Gasteiger partial charge in [0.2, 0.25) is 5.91 Å². The summed E-state index contributed by atoms with van der Waals surface area (Å²) in [5, 5.41) is 0. The van der Waals surface area contributed by atoms with Crippen molar-refractivity contribution in [1.82, 2.24) is 4.90 Å². The minimum absolute atomic E-state index is 0.110. The van der Waals surface area contributed by atoms with Crippen molar-refractivity contribution in [3.05, 3.63) is 0 Å². The van der Waals surface area contributed by atoms with Gasteiger partial charge in [0.1, 0.15) is 0 Å². The van der Waals surface area contributed by atoms with E-state index in [-0.39, 0.29) is 10.5 Å². The highest BCUT2D eigenvalue weighted by molar-refractivity contribution is 8.15. The number of nitrogens with zero attached hydrogens (tertiary/aromatic N) is 1. The fourth-order valence-electron chi connectivity index (χ4n) is 1.69. The molecule has 0 spiro atoms. The molecule has 2 atom stereocenters. The highest BCUT2D eigenvalue weighted by atomic mass is 32.2. The Kier molecular flexibility index (Phi) is 2.93. The second kappa shape index (κ2) is 4.00. The smallest absolute Gasteiger partial charge is 0.248 e. The number of amides is 1. The fourth-order valence-corrected chi connectivity index (χ4v) is 5.01. The van der Waals surface area contributed by atoms with Gasteiger partial charge in [-0.25, -0.2) is 0 Å². The summed E-state index contributed by atoms with van der Waals surface area (Å²) in [4.78, 5) is 13.6. The number of hydrogen-bond donors (Lipinski definition) is 0. The van der Waals surface area contributed by atoms with Gasteiger partial charge in [-0.05, 0) is 12.8 Å². The van der Waals surface area contributed by atoms with Gasteiger partial charge in [0.15, 0.2) is 4.58 Å². The maximum Gasteiger partial charge on any atom is 0.248 e. The van der Waals surface area contributed by atoms with Crippen molar-refractivity contribution < 1.29 is 9.00 Å². The summed E-state index contributed by atoms with van der Waals surface area (Å²) in [5.41, 5.74) is 0. The maximum atomic E-state index is 11.8. The lowest BCUT2D eigenvalue weighted by molar-refractivity contribution is -0.128. The van der Waals surface area contributed by atoms with Crippen LogP contribution in [-0.2, 0) is 15.6 Å². The number of rotatable bonds is 1. The van der Waals surface area contributed by atoms with Crippen LogP contribution in [0, 0.1) is 0 Å². The van der Waals surface area contributed by atoms with Crippen LogP contribution in [0.1, 0.15) is 12.8 Å². The molecule has 2 rings (SSSR count). The normalized spacial score (nSPS) is 34.0. The van der Waals surface area contributed by atoms with Crippen LogP contribution in [0.5, 0.6) is 0 Å². The van der Waals surface area contributed by atoms with Crippen molar-refractivity contribution in [1.29, 1.82) is 0 Å². The quantitative estimate of drug-likeness (QED) is 0.642. The molecule has 74 valence electrons. The lowest BCUT2D eigenvalue weighted by Gasteiger charge is -2.18. The van der Waals surface area contributed by atoms with Crippen LogP contribution < -0.4 is 0 Å². The molecule has 2 fully saturated rings. The van der Waals surface area contributed by atoms with Crippen LogP contribution in [0.15, 0.2) is 0 Å². The van der Waals surface area contributed by atoms with E-state index in [1.165, 1.54) is 0 Å². The third kappa shape index (κ3) is 1.91. The molecule has 0 aliphatic carbocycles. The molecule has 0 unspecified atom stereocenters. The SMILES string of the molecule is O=C([C@H]1SCC[S@]1=O)N1CCCC1. The Bertz CT molecular complexity index is 238. The first-order valence-electron chi connectivity index (χ1n) is 4.56. The Balaban J connectivity index is 1.99. The van der Waals surface area contributed by atoms with Gasteiger partial charge in [0.25, 0.3) is 0 Å². The molecule has 0 N–H and O–H groups in total. The molecule has 5 heteroatoms. The monoisotopic (exact) mass is 219 g/mol. The molecule has 0 bridgehead atoms. The summed E-state index contributed by atoms with van der Waals surface area (Å²) >= 11 is 1.55. The Morgan fingerprint density at radius 3 is 2.62 bits per heavy atom. The van der Waals surface area contributed by atoms with Crippen LogP contribution in [0.2, 0.25) is 0 Å². The van der Waals surface area contributed by atoms with Crippen LogP contribution >= 0.6 is 11.8 Å². The summed E-state index contributed by atoms with van der Waals surface area (Å²) in [6, 6.07) is 0. The Morgan fingerprint density at radius 1 is 1.38 bits per heavy atom. The summed E-state index contributed by atoms with van der Waals surface area (Å²) in [7, 11) is -0.915. The van der Waals surface area contributed by atoms with E-state index < -0.39 is 10.8 Å². The van der Waals surface area contributed by atoms with E-state index in [0.717, 1.165) is 31.7 Å². The molecule has 2 aliphatic heterocycles. The van der Waals surface area contributed by atoms with Crippen molar-refractivity contribution in [2.24, 2.45) is 0 Å². The van der Waals surface area contributed by atoms with Crippen LogP contribution in [0.25, 0.3) is 0 Å². The van der Waals surface area contributed by atoms with Crippen molar-refractivity contribution in [3.63, 3.8) is 0 Å². The standard InChI is InChI=1S/C8H13NO2S2/c10-7(9-3-1-2-4-9)8-12-5-6-13(8)11/h8H,1-6H2/t8-,13+/m0/s1. The van der Waals surface area contributed by atoms with Crippen molar-refractivity contribution >= 4 is 28.5 Å². The van der Waals surface area contributed by atoms with Crippen molar-refractivity contribution in [3.8, 4) is 0 Å². The molecule has 0 saturated carbocycles. The lowest BCUT2D eigenvalue weighted by Crippen LogP contribution is -2.36. The summed E-state index contributed by atoms with van der Waals surface area (Å²) in [6.07, 6.45) is 2.21. The van der Waals surface area contributed by atoms with Crippen LogP contribution in [0.3, 0.4) is 0 Å². The maximum absolute atomic E-state index is 11.8. The van der Waals surface area contributed by atoms with E-state index in [4.69, 9.17) is 0 Å². The van der Waals surface area contributed by atoms with Gasteiger partial charge in [0, 0.05) is 35.4 Å². The van der Waals surface area contributed by atoms with E-state index in [0.29, 0.717) is 5.75 Å². The second-order valence-electron chi connectivity index (χ2n) is 3.32. The Morgan fingerprint density at radius 2 is 2.08 bits per heavy atom. The van der Waals surface area contributed by atoms with Gasteiger partial charge in [-0.3, -0.25) is 9.00 Å². The summed E-state index contributed by atoms with van der Waals surface area (Å²) < 4.78 is 11.2. The molecule has 0 aromatic heterocycles. The average Bonchev–Trinajstić information content (AvgIpc) is 2.72. The fraction of sp³-hybridized carbons (Fsp3) is 0.875. The Labute approximate surface area is 84.7 Å². The molecule has 13 heavy (non-hydrogen) atoms. The summed E-state index contributed by atoms with van der Waals surface area (Å²) in [6.45, 7) is 1.74. The van der Waals surface area contributed by atoms with Crippen molar-refractivity contribution in [2.45, 2.75) is 17.4 Å². The molecular formula is C8H13NO2S2. The molecule has 1 amide bonds. The van der Waals surface area contributed by atoms with E-state index >= 15 is 0 Å². The molecule has 0 aromatic rings. The number of carbonyl (C=O) groups excluding carboxylic acids is 1. The summed E-state index contributed by atoms with van der Waals surface area (Å²) in [5.74, 6) is 1.67. The molecular weight excluding hydrogens is 206 g/mol. The minimum Gasteiger partial charge on any atom is -0.341 e. The van der Waals surface area contributed by atoms with E-state index in [9.17, 15) is 9.00 Å². The van der Waals surface area contributed by atoms with Gasteiger partial charge in [-0.15, -0.1) is 11.8 Å². The molecule has 0 aromatic carbocycles. The predicted molar refractivity (Wildman–Crippen MR) is 55.1 cm³/mol. The highest BCUT2D eigenvalue weighted by Crippen LogP contribution is 2.26. The first kappa shape index (κ1) is 9.52. The van der Waals surface area contributed by atoms with Crippen LogP contribution in [0.4, 0.5) is 0 Å². The first-order valence-corrected chi connectivity index (χ1v) is 7.00. The lowest BCUT2D eigenvalue weighted by atomic mass is 10.4. The molecule has 2 aliphatic rings. The molecule has 0 radical (unpaired) electrons. The predicted octanol–water partition coefficient (Wildman–Crippen LogP) is 0.430. The van der Waals surface area contributed by atoms with Crippen LogP contribution in [-0.4, -0.2) is 44.2 Å². The average molecular weight is 219 g/mol. The third-order valence-electron chi connectivity index (χ3n) is 2.41. The van der Waals surface area contributed by atoms with Gasteiger partial charge < -0.3 is 4.90 Å². The third-order valence-corrected chi connectivity index (χ3v) is 5.95. The number of thioether (sulfide) groups is 1. The van der Waals surface area contributed by atoms with Gasteiger partial charge in [0.05, 0.1) is 0 Å². The van der Waals surface area contributed by atoms with Gasteiger partial charge in [-0.2, -0.15) is 0 Å². The molecule has 3 nitrogen and oxygen atoms in total. The Hall–Kier alpha value is -0.0300. The zero-order valence-corrected chi connectivity index (χ0v) is 9.03. The second-order valence-corrected chi connectivity index (χ2v) is 6.47. The zero-order chi connectivity index (χ0) is 9.26. The molecule has 2 heterocycles. The number of carbonyl (C=O) groups is 1. The van der Waals surface area contributed by atoms with Gasteiger partial charge >= 0.3 is 0 Å². The molecule has 2 saturated heterocycles. The largest absolute Gasteiger partial charge is 0.341 e. The van der Waals surface area contributed by atoms with Crippen molar-refractivity contribution in [2.75, 3.05) is 24.6 Å². The highest BCUT2D eigenvalue weighted by Gasteiger charge is 2.34. The zero-order valence-electron chi connectivity index (χ0n) is 7.40. The topological polar surface area (TPSA) is 37.4 Å². The minimum atomic E-state index is -0.915. The number of hydrogen-bond acceptors (Lipinski definition) is 3. The number of likely N-dealkylation sites (tertiary alicyclic amines) is 1. The first-order chi connectivity index (χ1) is 6.29. The van der Waals surface area contributed by atoms with E-state index in [2.05, 4.69) is 0 Å².